The highest BCUT2D eigenvalue weighted by Gasteiger charge is 2.07. The lowest BCUT2D eigenvalue weighted by Crippen LogP contribution is -2.22. The molecule has 0 aliphatic rings. The van der Waals surface area contributed by atoms with Crippen LogP contribution in [0.2, 0.25) is 0 Å². The monoisotopic (exact) mass is 323 g/mol. The van der Waals surface area contributed by atoms with Crippen molar-refractivity contribution in [2.45, 2.75) is 0 Å². The number of rotatable bonds is 4. The Hall–Kier alpha value is -2.70. The molecule has 1 heterocycles. The maximum atomic E-state index is 5.75. The van der Waals surface area contributed by atoms with Crippen molar-refractivity contribution in [3.05, 3.63) is 60.2 Å². The first-order valence-corrected chi connectivity index (χ1v) is 7.94. The molecule has 0 radical (unpaired) electrons. The predicted octanol–water partition coefficient (Wildman–Crippen LogP) is 2.50. The van der Waals surface area contributed by atoms with E-state index in [-0.39, 0.29) is 12.5 Å². The van der Waals surface area contributed by atoms with E-state index in [1.54, 1.807) is 11.3 Å². The maximum absolute atomic E-state index is 5.75. The fourth-order valence-electron chi connectivity index (χ4n) is 2.30. The Morgan fingerprint density at radius 3 is 2.43 bits per heavy atom. The smallest absolute Gasteiger partial charge is 0.211 e. The number of thiophene rings is 1. The van der Waals surface area contributed by atoms with Gasteiger partial charge < -0.3 is 17.2 Å². The molecule has 5 nitrogen and oxygen atoms in total. The normalized spacial score (nSPS) is 11.6. The minimum Gasteiger partial charge on any atom is -0.369 e. The average Bonchev–Trinajstić information content (AvgIpc) is 2.99. The number of hydrogen-bond donors (Lipinski definition) is 3. The zero-order valence-electron chi connectivity index (χ0n) is 12.4. The van der Waals surface area contributed by atoms with Crippen molar-refractivity contribution >= 4 is 33.1 Å². The SMILES string of the molecule is NC/C(=N\N=C(N)N)c1ccc2sc(-c3ccccc3)cc2c1. The standard InChI is InChI=1S/C17H17N5S/c18-10-14(21-22-17(19)20)12-6-7-15-13(8-12)9-16(23-15)11-4-2-1-3-5-11/h1-9H,10,18H2,(H4,19,20,22)/b21-14+. The van der Waals surface area contributed by atoms with Crippen molar-refractivity contribution in [3.8, 4) is 10.4 Å². The maximum Gasteiger partial charge on any atom is 0.211 e. The van der Waals surface area contributed by atoms with E-state index >= 15 is 0 Å². The van der Waals surface area contributed by atoms with Crippen molar-refractivity contribution in [1.82, 2.24) is 0 Å². The van der Waals surface area contributed by atoms with Gasteiger partial charge in [0, 0.05) is 16.1 Å². The predicted molar refractivity (Wildman–Crippen MR) is 98.7 cm³/mol. The van der Waals surface area contributed by atoms with Gasteiger partial charge in [0.15, 0.2) is 0 Å². The van der Waals surface area contributed by atoms with Gasteiger partial charge in [-0.3, -0.25) is 0 Å². The molecule has 0 fully saturated rings. The first kappa shape index (κ1) is 15.2. The summed E-state index contributed by atoms with van der Waals surface area (Å²) in [5, 5.41) is 8.85. The molecule has 0 unspecified atom stereocenters. The molecule has 0 amide bonds. The van der Waals surface area contributed by atoms with Crippen LogP contribution in [0.5, 0.6) is 0 Å². The van der Waals surface area contributed by atoms with E-state index in [1.807, 2.05) is 24.3 Å². The van der Waals surface area contributed by atoms with Crippen molar-refractivity contribution < 1.29 is 0 Å². The fourth-order valence-corrected chi connectivity index (χ4v) is 3.35. The van der Waals surface area contributed by atoms with E-state index < -0.39 is 0 Å². The molecule has 0 aliphatic carbocycles. The van der Waals surface area contributed by atoms with Gasteiger partial charge in [-0.25, -0.2) is 0 Å². The quantitative estimate of drug-likeness (QED) is 0.390. The van der Waals surface area contributed by atoms with Gasteiger partial charge in [0.05, 0.1) is 5.71 Å². The molecule has 0 saturated carbocycles. The molecule has 0 bridgehead atoms. The highest BCUT2D eigenvalue weighted by atomic mass is 32.1. The van der Waals surface area contributed by atoms with Crippen LogP contribution in [0.25, 0.3) is 20.5 Å². The van der Waals surface area contributed by atoms with Crippen molar-refractivity contribution in [2.75, 3.05) is 6.54 Å². The Bertz CT molecular complexity index is 876. The topological polar surface area (TPSA) is 103 Å². The Kier molecular flexibility index (Phi) is 4.36. The van der Waals surface area contributed by atoms with Crippen LogP contribution in [0.4, 0.5) is 0 Å². The summed E-state index contributed by atoms with van der Waals surface area (Å²) in [6, 6.07) is 18.6. The third-order valence-electron chi connectivity index (χ3n) is 3.39. The molecule has 1 aromatic heterocycles. The van der Waals surface area contributed by atoms with Gasteiger partial charge in [-0.05, 0) is 34.7 Å². The highest BCUT2D eigenvalue weighted by molar-refractivity contribution is 7.22. The van der Waals surface area contributed by atoms with Crippen LogP contribution in [-0.4, -0.2) is 18.2 Å². The number of nitrogens with two attached hydrogens (primary N) is 3. The number of fused-ring (bicyclic) bond motifs is 1. The Labute approximate surface area is 138 Å². The second kappa shape index (κ2) is 6.60. The molecule has 0 aliphatic heterocycles. The molecule has 3 aromatic rings. The van der Waals surface area contributed by atoms with E-state index in [4.69, 9.17) is 17.2 Å². The first-order valence-electron chi connectivity index (χ1n) is 7.12. The molecule has 6 heteroatoms. The number of benzene rings is 2. The van der Waals surface area contributed by atoms with Gasteiger partial charge in [0.25, 0.3) is 0 Å². The van der Waals surface area contributed by atoms with Crippen molar-refractivity contribution in [3.63, 3.8) is 0 Å². The molecule has 0 atom stereocenters. The minimum absolute atomic E-state index is 0.0843. The highest BCUT2D eigenvalue weighted by Crippen LogP contribution is 2.33. The first-order chi connectivity index (χ1) is 11.2. The fraction of sp³-hybridized carbons (Fsp3) is 0.0588. The average molecular weight is 323 g/mol. The Balaban J connectivity index is 2.02. The summed E-state index contributed by atoms with van der Waals surface area (Å²) < 4.78 is 1.21. The van der Waals surface area contributed by atoms with Gasteiger partial charge in [-0.15, -0.1) is 16.4 Å². The van der Waals surface area contributed by atoms with Crippen LogP contribution in [0.1, 0.15) is 5.56 Å². The van der Waals surface area contributed by atoms with E-state index in [9.17, 15) is 0 Å². The lowest BCUT2D eigenvalue weighted by molar-refractivity contribution is 1.16. The van der Waals surface area contributed by atoms with Crippen molar-refractivity contribution in [1.29, 1.82) is 0 Å². The van der Waals surface area contributed by atoms with Crippen molar-refractivity contribution in [2.24, 2.45) is 27.4 Å². The summed E-state index contributed by atoms with van der Waals surface area (Å²) >= 11 is 1.76. The Morgan fingerprint density at radius 2 is 1.74 bits per heavy atom. The Morgan fingerprint density at radius 1 is 0.957 bits per heavy atom. The third kappa shape index (κ3) is 3.39. The molecule has 23 heavy (non-hydrogen) atoms. The van der Waals surface area contributed by atoms with Gasteiger partial charge in [0.1, 0.15) is 0 Å². The van der Waals surface area contributed by atoms with Gasteiger partial charge in [0.2, 0.25) is 5.96 Å². The molecule has 0 spiro atoms. The van der Waals surface area contributed by atoms with Crippen LogP contribution in [-0.2, 0) is 0 Å². The molecule has 0 saturated heterocycles. The zero-order valence-corrected chi connectivity index (χ0v) is 13.3. The lowest BCUT2D eigenvalue weighted by Gasteiger charge is -2.02. The largest absolute Gasteiger partial charge is 0.369 e. The van der Waals surface area contributed by atoms with Crippen LogP contribution < -0.4 is 17.2 Å². The number of guanidine groups is 1. The summed E-state index contributed by atoms with van der Waals surface area (Å²) in [4.78, 5) is 1.23. The van der Waals surface area contributed by atoms with E-state index in [1.165, 1.54) is 15.1 Å². The summed E-state index contributed by atoms with van der Waals surface area (Å²) in [6.45, 7) is 0.262. The summed E-state index contributed by atoms with van der Waals surface area (Å²) in [7, 11) is 0. The van der Waals surface area contributed by atoms with E-state index in [2.05, 4.69) is 40.5 Å². The molecule has 2 aromatic carbocycles. The molecule has 116 valence electrons. The second-order valence-electron chi connectivity index (χ2n) is 5.00. The molecular weight excluding hydrogens is 306 g/mol. The molecule has 6 N–H and O–H groups in total. The minimum atomic E-state index is -0.0843. The number of nitrogens with zero attached hydrogens (tertiary/aromatic N) is 2. The number of hydrogen-bond acceptors (Lipinski definition) is 4. The van der Waals surface area contributed by atoms with Crippen LogP contribution in [0, 0.1) is 0 Å². The lowest BCUT2D eigenvalue weighted by atomic mass is 10.1. The summed E-state index contributed by atoms with van der Waals surface area (Å²) in [5.74, 6) is -0.0843. The van der Waals surface area contributed by atoms with Crippen LogP contribution >= 0.6 is 11.3 Å². The summed E-state index contributed by atoms with van der Waals surface area (Å²) in [5.41, 5.74) is 19.2. The van der Waals surface area contributed by atoms with Crippen LogP contribution in [0.3, 0.4) is 0 Å². The second-order valence-corrected chi connectivity index (χ2v) is 6.09. The van der Waals surface area contributed by atoms with Gasteiger partial charge >= 0.3 is 0 Å². The molecular formula is C17H17N5S. The third-order valence-corrected chi connectivity index (χ3v) is 4.55. The van der Waals surface area contributed by atoms with E-state index in [0.29, 0.717) is 5.71 Å². The summed E-state index contributed by atoms with van der Waals surface area (Å²) in [6.07, 6.45) is 0. The van der Waals surface area contributed by atoms with Crippen LogP contribution in [0.15, 0.2) is 64.8 Å². The van der Waals surface area contributed by atoms with Gasteiger partial charge in [-0.1, -0.05) is 36.4 Å². The van der Waals surface area contributed by atoms with Gasteiger partial charge in [-0.2, -0.15) is 5.10 Å². The zero-order chi connectivity index (χ0) is 16.2. The molecule has 3 rings (SSSR count). The van der Waals surface area contributed by atoms with E-state index in [0.717, 1.165) is 10.9 Å².